The maximum Gasteiger partial charge on any atom is 0.251 e. The van der Waals surface area contributed by atoms with E-state index in [1.165, 1.54) is 6.07 Å². The van der Waals surface area contributed by atoms with E-state index < -0.39 is 0 Å². The molecule has 4 aromatic rings. The van der Waals surface area contributed by atoms with E-state index in [4.69, 9.17) is 13.9 Å². The Morgan fingerprint density at radius 1 is 1.14 bits per heavy atom. The lowest BCUT2D eigenvalue weighted by atomic mass is 9.96. The van der Waals surface area contributed by atoms with Crippen molar-refractivity contribution in [1.82, 2.24) is 24.8 Å². The van der Waals surface area contributed by atoms with Crippen LogP contribution in [0.15, 0.2) is 28.9 Å². The van der Waals surface area contributed by atoms with Gasteiger partial charge in [0.05, 0.1) is 24.7 Å². The molecule has 29 heavy (non-hydrogen) atoms. The standard InChI is InChI=1S/C19H15FN6O3/c1-9-23-25-19(29-9)11-4-15-18(26-8-22-24-17(11)26)21-5-12-13(20)2-3-14-16(12)10(6-27-14)7-28-15/h2-4,8,10,21H,5-7H2,1H3/t10-/m1/s1. The van der Waals surface area contributed by atoms with Crippen molar-refractivity contribution in [3.05, 3.63) is 47.4 Å². The largest absolute Gasteiger partial charge is 0.493 e. The molecule has 0 radical (unpaired) electrons. The Hall–Kier alpha value is -3.69. The van der Waals surface area contributed by atoms with Crippen molar-refractivity contribution in [2.45, 2.75) is 19.4 Å². The van der Waals surface area contributed by atoms with E-state index in [0.29, 0.717) is 59.1 Å². The fourth-order valence-electron chi connectivity index (χ4n) is 3.95. The Kier molecular flexibility index (Phi) is 3.31. The van der Waals surface area contributed by atoms with Crippen LogP contribution in [0.4, 0.5) is 10.2 Å². The van der Waals surface area contributed by atoms with Gasteiger partial charge in [-0.1, -0.05) is 0 Å². The summed E-state index contributed by atoms with van der Waals surface area (Å²) >= 11 is 0. The first-order valence-corrected chi connectivity index (χ1v) is 9.17. The van der Waals surface area contributed by atoms with Gasteiger partial charge in [-0.25, -0.2) is 4.39 Å². The molecular weight excluding hydrogens is 379 g/mol. The second-order valence-corrected chi connectivity index (χ2v) is 7.03. The number of benzene rings is 1. The Bertz CT molecular complexity index is 1270. The summed E-state index contributed by atoms with van der Waals surface area (Å²) in [6.07, 6.45) is 1.56. The highest BCUT2D eigenvalue weighted by molar-refractivity contribution is 5.77. The van der Waals surface area contributed by atoms with Crippen LogP contribution in [-0.4, -0.2) is 38.0 Å². The summed E-state index contributed by atoms with van der Waals surface area (Å²) in [4.78, 5) is 0. The summed E-state index contributed by atoms with van der Waals surface area (Å²) < 4.78 is 33.8. The van der Waals surface area contributed by atoms with E-state index in [-0.39, 0.29) is 18.3 Å². The molecule has 2 aliphatic heterocycles. The monoisotopic (exact) mass is 394 g/mol. The van der Waals surface area contributed by atoms with Gasteiger partial charge in [-0.15, -0.1) is 20.4 Å². The molecule has 10 heteroatoms. The second kappa shape index (κ2) is 5.90. The third-order valence-electron chi connectivity index (χ3n) is 5.28. The number of pyridine rings is 1. The Labute approximate surface area is 163 Å². The maximum atomic E-state index is 14.6. The molecule has 0 fully saturated rings. The van der Waals surface area contributed by atoms with Crippen molar-refractivity contribution < 1.29 is 18.3 Å². The van der Waals surface area contributed by atoms with Gasteiger partial charge in [0.25, 0.3) is 5.89 Å². The van der Waals surface area contributed by atoms with Crippen molar-refractivity contribution in [2.24, 2.45) is 0 Å². The number of nitrogens with zero attached hydrogens (tertiary/aromatic N) is 5. The van der Waals surface area contributed by atoms with Gasteiger partial charge in [-0.2, -0.15) is 0 Å². The van der Waals surface area contributed by atoms with Gasteiger partial charge >= 0.3 is 0 Å². The molecule has 1 N–H and O–H groups in total. The molecule has 0 spiro atoms. The number of aryl methyl sites for hydroxylation is 1. The number of hydrogen-bond acceptors (Lipinski definition) is 8. The normalized spacial score (nSPS) is 17.4. The quantitative estimate of drug-likeness (QED) is 0.526. The van der Waals surface area contributed by atoms with Crippen LogP contribution in [0, 0.1) is 12.7 Å². The highest BCUT2D eigenvalue weighted by Gasteiger charge is 2.32. The molecule has 9 nitrogen and oxygen atoms in total. The van der Waals surface area contributed by atoms with E-state index >= 15 is 0 Å². The minimum Gasteiger partial charge on any atom is -0.493 e. The van der Waals surface area contributed by atoms with Crippen LogP contribution in [0.25, 0.3) is 17.1 Å². The van der Waals surface area contributed by atoms with Crippen LogP contribution < -0.4 is 14.8 Å². The zero-order valence-electron chi connectivity index (χ0n) is 15.3. The molecule has 0 unspecified atom stereocenters. The Morgan fingerprint density at radius 3 is 2.83 bits per heavy atom. The smallest absolute Gasteiger partial charge is 0.251 e. The lowest BCUT2D eigenvalue weighted by Crippen LogP contribution is -2.13. The molecule has 1 aromatic carbocycles. The van der Waals surface area contributed by atoms with E-state index in [9.17, 15) is 4.39 Å². The van der Waals surface area contributed by atoms with E-state index in [0.717, 1.165) is 5.56 Å². The number of rotatable bonds is 1. The number of fused-ring (bicyclic) bond motifs is 3. The molecule has 0 amide bonds. The second-order valence-electron chi connectivity index (χ2n) is 7.03. The third-order valence-corrected chi connectivity index (χ3v) is 5.28. The molecule has 6 rings (SSSR count). The predicted octanol–water partition coefficient (Wildman–Crippen LogP) is 2.71. The lowest BCUT2D eigenvalue weighted by molar-refractivity contribution is 0.249. The highest BCUT2D eigenvalue weighted by Crippen LogP contribution is 2.41. The Balaban J connectivity index is 1.52. The van der Waals surface area contributed by atoms with Crippen LogP contribution in [-0.2, 0) is 6.54 Å². The number of aromatic nitrogens is 5. The first-order valence-electron chi connectivity index (χ1n) is 9.17. The van der Waals surface area contributed by atoms with Gasteiger partial charge < -0.3 is 19.2 Å². The molecule has 0 aliphatic carbocycles. The summed E-state index contributed by atoms with van der Waals surface area (Å²) in [6, 6.07) is 4.91. The van der Waals surface area contributed by atoms with Crippen LogP contribution in [0.3, 0.4) is 0 Å². The average Bonchev–Trinajstić information content (AvgIpc) is 3.45. The van der Waals surface area contributed by atoms with Gasteiger partial charge in [0.2, 0.25) is 5.89 Å². The summed E-state index contributed by atoms with van der Waals surface area (Å²) in [5.74, 6) is 2.34. The number of hydrogen-bond donors (Lipinski definition) is 1. The molecule has 146 valence electrons. The minimum atomic E-state index is -0.270. The SMILES string of the molecule is Cc1nnc(-c2cc3c(n4cnnc24)NCc2c(F)ccc4c2[C@H](CO4)CO3)o1. The summed E-state index contributed by atoms with van der Waals surface area (Å²) in [5.41, 5.74) is 2.58. The fraction of sp³-hybridized carbons (Fsp3) is 0.263. The summed E-state index contributed by atoms with van der Waals surface area (Å²) in [7, 11) is 0. The molecule has 1 atom stereocenters. The zero-order valence-corrected chi connectivity index (χ0v) is 15.3. The summed E-state index contributed by atoms with van der Waals surface area (Å²) in [6.45, 7) is 2.79. The van der Waals surface area contributed by atoms with Gasteiger partial charge in [-0.05, 0) is 12.1 Å². The third kappa shape index (κ3) is 2.38. The highest BCUT2D eigenvalue weighted by atomic mass is 19.1. The van der Waals surface area contributed by atoms with Gasteiger partial charge in [0.15, 0.2) is 17.2 Å². The van der Waals surface area contributed by atoms with Crippen molar-refractivity contribution in [2.75, 3.05) is 18.5 Å². The van der Waals surface area contributed by atoms with Crippen molar-refractivity contribution in [1.29, 1.82) is 0 Å². The maximum absolute atomic E-state index is 14.6. The van der Waals surface area contributed by atoms with Crippen molar-refractivity contribution in [3.63, 3.8) is 0 Å². The van der Waals surface area contributed by atoms with Crippen molar-refractivity contribution in [3.8, 4) is 23.0 Å². The average molecular weight is 394 g/mol. The number of nitrogens with one attached hydrogen (secondary N) is 1. The predicted molar refractivity (Wildman–Crippen MR) is 98.5 cm³/mol. The summed E-state index contributed by atoms with van der Waals surface area (Å²) in [5, 5.41) is 19.5. The topological polar surface area (TPSA) is 99.6 Å². The molecule has 5 heterocycles. The van der Waals surface area contributed by atoms with Crippen LogP contribution >= 0.6 is 0 Å². The first-order chi connectivity index (χ1) is 14.2. The molecule has 0 bridgehead atoms. The fourth-order valence-corrected chi connectivity index (χ4v) is 3.95. The van der Waals surface area contributed by atoms with Crippen LogP contribution in [0.2, 0.25) is 0 Å². The zero-order chi connectivity index (χ0) is 19.5. The van der Waals surface area contributed by atoms with Crippen molar-refractivity contribution >= 4 is 11.5 Å². The molecular formula is C19H15FN6O3. The van der Waals surface area contributed by atoms with E-state index in [2.05, 4.69) is 25.7 Å². The minimum absolute atomic E-state index is 0.0610. The van der Waals surface area contributed by atoms with E-state index in [1.807, 2.05) is 0 Å². The van der Waals surface area contributed by atoms with Crippen LogP contribution in [0.5, 0.6) is 11.5 Å². The molecule has 3 aromatic heterocycles. The van der Waals surface area contributed by atoms with Gasteiger partial charge in [0.1, 0.15) is 17.9 Å². The number of anilines is 1. The first kappa shape index (κ1) is 16.3. The number of halogens is 1. The van der Waals surface area contributed by atoms with E-state index in [1.54, 1.807) is 29.8 Å². The molecule has 0 saturated heterocycles. The Morgan fingerprint density at radius 2 is 2.00 bits per heavy atom. The molecule has 0 saturated carbocycles. The van der Waals surface area contributed by atoms with Gasteiger partial charge in [0, 0.05) is 30.7 Å². The molecule has 2 aliphatic rings. The number of ether oxygens (including phenoxy) is 2. The lowest BCUT2D eigenvalue weighted by Gasteiger charge is -2.15. The van der Waals surface area contributed by atoms with Gasteiger partial charge in [-0.3, -0.25) is 4.40 Å². The van der Waals surface area contributed by atoms with Crippen LogP contribution in [0.1, 0.15) is 22.9 Å².